The van der Waals surface area contributed by atoms with Crippen molar-refractivity contribution < 1.29 is 0 Å². The second kappa shape index (κ2) is 5.14. The van der Waals surface area contributed by atoms with Crippen molar-refractivity contribution in [1.82, 2.24) is 19.7 Å². The van der Waals surface area contributed by atoms with Crippen LogP contribution in [0.2, 0.25) is 0 Å². The molecule has 2 rings (SSSR count). The summed E-state index contributed by atoms with van der Waals surface area (Å²) in [6.45, 7) is 9.24. The molecular weight excluding hydrogens is 214 g/mol. The topological polar surface area (TPSA) is 60.0 Å². The van der Waals surface area contributed by atoms with Crippen molar-refractivity contribution in [3.8, 4) is 0 Å². The van der Waals surface area contributed by atoms with E-state index in [1.807, 2.05) is 4.68 Å². The zero-order valence-corrected chi connectivity index (χ0v) is 10.9. The van der Waals surface area contributed by atoms with Gasteiger partial charge in [0.15, 0.2) is 0 Å². The molecule has 1 aromatic heterocycles. The van der Waals surface area contributed by atoms with E-state index in [0.717, 1.165) is 45.0 Å². The van der Waals surface area contributed by atoms with Crippen LogP contribution in [-0.4, -0.2) is 39.3 Å². The number of aryl methyl sites for hydroxylation is 1. The lowest BCUT2D eigenvalue weighted by Crippen LogP contribution is -2.31. The van der Waals surface area contributed by atoms with E-state index in [2.05, 4.69) is 28.8 Å². The fraction of sp³-hybridized carbons (Fsp3) is 0.833. The van der Waals surface area contributed by atoms with Gasteiger partial charge in [0.1, 0.15) is 12.2 Å². The van der Waals surface area contributed by atoms with Gasteiger partial charge in [-0.25, -0.2) is 9.67 Å². The highest BCUT2D eigenvalue weighted by atomic mass is 15.3. The first kappa shape index (κ1) is 12.5. The molecule has 1 saturated heterocycles. The standard InChI is InChI=1S/C12H23N5/c1-3-5-17-11(14-10-15-17)7-16-6-4-12(2,8-13)9-16/h10H,3-9,13H2,1-2H3. The van der Waals surface area contributed by atoms with Gasteiger partial charge in [-0.2, -0.15) is 5.10 Å². The summed E-state index contributed by atoms with van der Waals surface area (Å²) in [5, 5.41) is 4.26. The Labute approximate surface area is 103 Å². The lowest BCUT2D eigenvalue weighted by atomic mass is 9.90. The van der Waals surface area contributed by atoms with Gasteiger partial charge in [-0.15, -0.1) is 0 Å². The van der Waals surface area contributed by atoms with Crippen LogP contribution < -0.4 is 5.73 Å². The van der Waals surface area contributed by atoms with E-state index in [-0.39, 0.29) is 5.41 Å². The summed E-state index contributed by atoms with van der Waals surface area (Å²) in [6.07, 6.45) is 3.94. The fourth-order valence-corrected chi connectivity index (χ4v) is 2.44. The van der Waals surface area contributed by atoms with Crippen molar-refractivity contribution in [3.63, 3.8) is 0 Å². The Balaban J connectivity index is 1.95. The molecule has 2 heterocycles. The number of aromatic nitrogens is 3. The normalized spacial score (nSPS) is 25.6. The third-order valence-corrected chi connectivity index (χ3v) is 3.63. The second-order valence-corrected chi connectivity index (χ2v) is 5.37. The summed E-state index contributed by atoms with van der Waals surface area (Å²) in [7, 11) is 0. The fourth-order valence-electron chi connectivity index (χ4n) is 2.44. The Morgan fingerprint density at radius 1 is 1.53 bits per heavy atom. The van der Waals surface area contributed by atoms with Crippen LogP contribution in [0.3, 0.4) is 0 Å². The SMILES string of the molecule is CCCn1ncnc1CN1CCC(C)(CN)C1. The summed E-state index contributed by atoms with van der Waals surface area (Å²) in [4.78, 5) is 6.78. The molecule has 0 aromatic carbocycles. The van der Waals surface area contributed by atoms with Gasteiger partial charge < -0.3 is 5.73 Å². The molecule has 1 aliphatic heterocycles. The van der Waals surface area contributed by atoms with Gasteiger partial charge in [-0.3, -0.25) is 4.90 Å². The number of hydrogen-bond acceptors (Lipinski definition) is 4. The molecule has 5 nitrogen and oxygen atoms in total. The molecule has 0 spiro atoms. The highest BCUT2D eigenvalue weighted by Crippen LogP contribution is 2.29. The van der Waals surface area contributed by atoms with Gasteiger partial charge in [-0.1, -0.05) is 13.8 Å². The maximum absolute atomic E-state index is 5.82. The van der Waals surface area contributed by atoms with Crippen molar-refractivity contribution in [1.29, 1.82) is 0 Å². The number of rotatable bonds is 5. The van der Waals surface area contributed by atoms with Gasteiger partial charge in [0.05, 0.1) is 6.54 Å². The summed E-state index contributed by atoms with van der Waals surface area (Å²) in [5.74, 6) is 1.08. The minimum atomic E-state index is 0.287. The van der Waals surface area contributed by atoms with Crippen molar-refractivity contribution in [3.05, 3.63) is 12.2 Å². The van der Waals surface area contributed by atoms with Gasteiger partial charge in [0, 0.05) is 13.1 Å². The first-order valence-corrected chi connectivity index (χ1v) is 6.46. The number of likely N-dealkylation sites (tertiary alicyclic amines) is 1. The molecule has 0 radical (unpaired) electrons. The average molecular weight is 237 g/mol. The molecule has 1 fully saturated rings. The summed E-state index contributed by atoms with van der Waals surface area (Å²) < 4.78 is 2.01. The third-order valence-electron chi connectivity index (χ3n) is 3.63. The van der Waals surface area contributed by atoms with Crippen molar-refractivity contribution in [2.75, 3.05) is 19.6 Å². The molecule has 0 bridgehead atoms. The Hall–Kier alpha value is -0.940. The number of nitrogens with zero attached hydrogens (tertiary/aromatic N) is 4. The molecule has 5 heteroatoms. The van der Waals surface area contributed by atoms with E-state index in [0.29, 0.717) is 0 Å². The Bertz CT molecular complexity index is 362. The largest absolute Gasteiger partial charge is 0.330 e. The number of hydrogen-bond donors (Lipinski definition) is 1. The molecule has 1 aromatic rings. The molecule has 17 heavy (non-hydrogen) atoms. The van der Waals surface area contributed by atoms with Crippen LogP contribution in [0.4, 0.5) is 0 Å². The first-order chi connectivity index (χ1) is 8.17. The van der Waals surface area contributed by atoms with E-state index in [9.17, 15) is 0 Å². The van der Waals surface area contributed by atoms with Crippen LogP contribution in [0, 0.1) is 5.41 Å². The van der Waals surface area contributed by atoms with Crippen molar-refractivity contribution in [2.45, 2.75) is 39.8 Å². The number of nitrogens with two attached hydrogens (primary N) is 1. The van der Waals surface area contributed by atoms with Crippen LogP contribution in [-0.2, 0) is 13.1 Å². The Morgan fingerprint density at radius 3 is 3.00 bits per heavy atom. The molecule has 2 N–H and O–H groups in total. The van der Waals surface area contributed by atoms with E-state index >= 15 is 0 Å². The van der Waals surface area contributed by atoms with Crippen LogP contribution >= 0.6 is 0 Å². The maximum atomic E-state index is 5.82. The monoisotopic (exact) mass is 237 g/mol. The Kier molecular flexibility index (Phi) is 3.79. The smallest absolute Gasteiger partial charge is 0.141 e. The zero-order valence-electron chi connectivity index (χ0n) is 10.9. The van der Waals surface area contributed by atoms with Gasteiger partial charge in [0.25, 0.3) is 0 Å². The average Bonchev–Trinajstić information content (AvgIpc) is 2.89. The molecule has 0 saturated carbocycles. The van der Waals surface area contributed by atoms with Crippen molar-refractivity contribution in [2.24, 2.45) is 11.1 Å². The van der Waals surface area contributed by atoms with Gasteiger partial charge in [-0.05, 0) is 31.3 Å². The summed E-state index contributed by atoms with van der Waals surface area (Å²) >= 11 is 0. The van der Waals surface area contributed by atoms with E-state index in [4.69, 9.17) is 5.73 Å². The summed E-state index contributed by atoms with van der Waals surface area (Å²) in [5.41, 5.74) is 6.11. The lowest BCUT2D eigenvalue weighted by molar-refractivity contribution is 0.264. The Morgan fingerprint density at radius 2 is 2.35 bits per heavy atom. The molecule has 1 aliphatic rings. The predicted octanol–water partition coefficient (Wildman–Crippen LogP) is 0.859. The van der Waals surface area contributed by atoms with E-state index in [1.165, 1.54) is 6.42 Å². The molecule has 0 aliphatic carbocycles. The maximum Gasteiger partial charge on any atom is 0.141 e. The molecule has 1 unspecified atom stereocenters. The minimum absolute atomic E-state index is 0.287. The lowest BCUT2D eigenvalue weighted by Gasteiger charge is -2.22. The highest BCUT2D eigenvalue weighted by Gasteiger charge is 2.32. The first-order valence-electron chi connectivity index (χ1n) is 6.46. The van der Waals surface area contributed by atoms with E-state index in [1.54, 1.807) is 6.33 Å². The highest BCUT2D eigenvalue weighted by molar-refractivity contribution is 4.91. The zero-order chi connectivity index (χ0) is 12.3. The van der Waals surface area contributed by atoms with Crippen LogP contribution in [0.15, 0.2) is 6.33 Å². The van der Waals surface area contributed by atoms with Crippen LogP contribution in [0.1, 0.15) is 32.5 Å². The molecule has 96 valence electrons. The van der Waals surface area contributed by atoms with Crippen molar-refractivity contribution >= 4 is 0 Å². The van der Waals surface area contributed by atoms with E-state index < -0.39 is 0 Å². The quantitative estimate of drug-likeness (QED) is 0.825. The summed E-state index contributed by atoms with van der Waals surface area (Å²) in [6, 6.07) is 0. The third kappa shape index (κ3) is 2.84. The molecular formula is C12H23N5. The predicted molar refractivity (Wildman–Crippen MR) is 67.4 cm³/mol. The van der Waals surface area contributed by atoms with Gasteiger partial charge >= 0.3 is 0 Å². The second-order valence-electron chi connectivity index (χ2n) is 5.37. The van der Waals surface area contributed by atoms with Crippen LogP contribution in [0.25, 0.3) is 0 Å². The molecule has 1 atom stereocenters. The van der Waals surface area contributed by atoms with Crippen LogP contribution in [0.5, 0.6) is 0 Å². The molecule has 0 amide bonds. The minimum Gasteiger partial charge on any atom is -0.330 e. The van der Waals surface area contributed by atoms with Gasteiger partial charge in [0.2, 0.25) is 0 Å².